The van der Waals surface area contributed by atoms with Crippen LogP contribution in [0.15, 0.2) is 18.2 Å². The molecule has 0 fully saturated rings. The highest BCUT2D eigenvalue weighted by Gasteiger charge is 2.07. The van der Waals surface area contributed by atoms with Gasteiger partial charge >= 0.3 is 0 Å². The summed E-state index contributed by atoms with van der Waals surface area (Å²) in [5.74, 6) is -0.272. The van der Waals surface area contributed by atoms with Gasteiger partial charge in [0.2, 0.25) is 0 Å². The van der Waals surface area contributed by atoms with Gasteiger partial charge in [0.05, 0.1) is 18.9 Å². The Kier molecular flexibility index (Phi) is 5.77. The Bertz CT molecular complexity index is 321. The molecule has 1 aromatic rings. The van der Waals surface area contributed by atoms with E-state index in [9.17, 15) is 4.39 Å². The smallest absolute Gasteiger partial charge is 0.128 e. The molecule has 0 aliphatic carbocycles. The normalized spacial score (nSPS) is 10.4. The molecule has 0 amide bonds. The van der Waals surface area contributed by atoms with Crippen LogP contribution in [0.5, 0.6) is 0 Å². The predicted octanol–water partition coefficient (Wildman–Crippen LogP) is 1.05. The lowest BCUT2D eigenvalue weighted by Gasteiger charge is -2.12. The molecular formula is C11H17FN2O2. The van der Waals surface area contributed by atoms with E-state index >= 15 is 0 Å². The lowest BCUT2D eigenvalue weighted by Crippen LogP contribution is -2.09. The van der Waals surface area contributed by atoms with Crippen LogP contribution in [0.3, 0.4) is 0 Å². The summed E-state index contributed by atoms with van der Waals surface area (Å²) in [6, 6.07) is 4.74. The highest BCUT2D eigenvalue weighted by molar-refractivity contribution is 5.50. The van der Waals surface area contributed by atoms with E-state index in [1.165, 1.54) is 6.07 Å². The number of aliphatic hydroxyl groups is 1. The summed E-state index contributed by atoms with van der Waals surface area (Å²) < 4.78 is 13.5. The second-order valence-corrected chi connectivity index (χ2v) is 3.33. The number of aliphatic hydroxyl groups excluding tert-OH is 1. The van der Waals surface area contributed by atoms with Gasteiger partial charge in [-0.2, -0.15) is 0 Å². The van der Waals surface area contributed by atoms with Crippen molar-refractivity contribution in [3.63, 3.8) is 0 Å². The Balaban J connectivity index is 2.68. The minimum absolute atomic E-state index is 0.0829. The number of halogens is 1. The number of nitrogens with two attached hydrogens (primary N) is 1. The first-order valence-electron chi connectivity index (χ1n) is 5.25. The van der Waals surface area contributed by atoms with Crippen molar-refractivity contribution in [2.75, 3.05) is 25.2 Å². The number of nitrogens with one attached hydrogen (secondary N) is 1. The molecule has 5 heteroatoms. The first-order valence-corrected chi connectivity index (χ1v) is 5.25. The summed E-state index contributed by atoms with van der Waals surface area (Å²) in [4.78, 5) is 4.95. The van der Waals surface area contributed by atoms with Crippen molar-refractivity contribution in [1.82, 2.24) is 0 Å². The zero-order chi connectivity index (χ0) is 11.8. The topological polar surface area (TPSA) is 67.5 Å². The van der Waals surface area contributed by atoms with Gasteiger partial charge in [-0.25, -0.2) is 4.39 Å². The number of rotatable bonds is 7. The largest absolute Gasteiger partial charge is 0.394 e. The van der Waals surface area contributed by atoms with E-state index in [1.54, 1.807) is 12.1 Å². The number of benzene rings is 1. The molecule has 90 valence electrons. The van der Waals surface area contributed by atoms with E-state index in [0.717, 1.165) is 6.42 Å². The third-order valence-electron chi connectivity index (χ3n) is 2.13. The summed E-state index contributed by atoms with van der Waals surface area (Å²) in [5, 5.41) is 8.55. The van der Waals surface area contributed by atoms with Crippen LogP contribution in [0.2, 0.25) is 0 Å². The van der Waals surface area contributed by atoms with Gasteiger partial charge in [0.25, 0.3) is 0 Å². The lowest BCUT2D eigenvalue weighted by atomic mass is 10.1. The van der Waals surface area contributed by atoms with Crippen molar-refractivity contribution < 1.29 is 14.3 Å². The van der Waals surface area contributed by atoms with Gasteiger partial charge in [-0.15, -0.1) is 0 Å². The van der Waals surface area contributed by atoms with E-state index in [-0.39, 0.29) is 19.0 Å². The molecule has 0 saturated carbocycles. The average Bonchev–Trinajstić information content (AvgIpc) is 2.28. The molecule has 0 aliphatic rings. The summed E-state index contributed by atoms with van der Waals surface area (Å²) >= 11 is 0. The van der Waals surface area contributed by atoms with Crippen LogP contribution < -0.4 is 11.2 Å². The molecule has 0 aliphatic heterocycles. The fourth-order valence-corrected chi connectivity index (χ4v) is 1.36. The first-order chi connectivity index (χ1) is 7.79. The van der Waals surface area contributed by atoms with Gasteiger partial charge < -0.3 is 10.8 Å². The van der Waals surface area contributed by atoms with Crippen molar-refractivity contribution in [3.8, 4) is 0 Å². The minimum atomic E-state index is -0.272. The maximum Gasteiger partial charge on any atom is 0.128 e. The van der Waals surface area contributed by atoms with Crippen LogP contribution in [0.25, 0.3) is 0 Å². The number of hydrogen-bond acceptors (Lipinski definition) is 4. The van der Waals surface area contributed by atoms with Crippen LogP contribution in [0.1, 0.15) is 12.0 Å². The summed E-state index contributed by atoms with van der Waals surface area (Å²) in [7, 11) is 0. The lowest BCUT2D eigenvalue weighted by molar-refractivity contribution is 0.133. The molecule has 0 spiro atoms. The van der Waals surface area contributed by atoms with Crippen molar-refractivity contribution in [2.24, 2.45) is 5.73 Å². The summed E-state index contributed by atoms with van der Waals surface area (Å²) in [6.45, 7) is 0.596. The summed E-state index contributed by atoms with van der Waals surface area (Å²) in [5.41, 5.74) is 9.16. The minimum Gasteiger partial charge on any atom is -0.394 e. The van der Waals surface area contributed by atoms with Crippen molar-refractivity contribution in [3.05, 3.63) is 29.6 Å². The molecule has 0 unspecified atom stereocenters. The quantitative estimate of drug-likeness (QED) is 0.482. The molecule has 0 radical (unpaired) electrons. The highest BCUT2D eigenvalue weighted by Crippen LogP contribution is 2.20. The van der Waals surface area contributed by atoms with Gasteiger partial charge in [-0.1, -0.05) is 6.07 Å². The zero-order valence-electron chi connectivity index (χ0n) is 9.08. The molecule has 1 aromatic carbocycles. The van der Waals surface area contributed by atoms with Gasteiger partial charge in [0.1, 0.15) is 5.82 Å². The van der Waals surface area contributed by atoms with Crippen LogP contribution in [-0.2, 0) is 11.3 Å². The van der Waals surface area contributed by atoms with Crippen LogP contribution in [-0.4, -0.2) is 24.9 Å². The molecule has 0 saturated heterocycles. The Morgan fingerprint density at radius 1 is 1.44 bits per heavy atom. The van der Waals surface area contributed by atoms with Gasteiger partial charge in [0, 0.05) is 5.56 Å². The summed E-state index contributed by atoms with van der Waals surface area (Å²) in [6.07, 6.45) is 1.28. The Hall–Kier alpha value is -1.17. The third kappa shape index (κ3) is 3.77. The molecule has 0 aromatic heterocycles. The Morgan fingerprint density at radius 2 is 2.25 bits per heavy atom. The second-order valence-electron chi connectivity index (χ2n) is 3.33. The molecule has 4 N–H and O–H groups in total. The maximum atomic E-state index is 13.5. The SMILES string of the molecule is NCCCc1c(F)cccc1NOCCO. The second kappa shape index (κ2) is 7.16. The van der Waals surface area contributed by atoms with E-state index in [0.29, 0.717) is 24.2 Å². The van der Waals surface area contributed by atoms with Gasteiger partial charge in [-0.05, 0) is 31.5 Å². The van der Waals surface area contributed by atoms with E-state index in [2.05, 4.69) is 5.48 Å². The first kappa shape index (κ1) is 12.9. The van der Waals surface area contributed by atoms with Crippen LogP contribution in [0.4, 0.5) is 10.1 Å². The zero-order valence-corrected chi connectivity index (χ0v) is 9.08. The van der Waals surface area contributed by atoms with E-state index in [4.69, 9.17) is 15.7 Å². The molecule has 0 atom stereocenters. The Labute approximate surface area is 94.2 Å². The molecule has 0 bridgehead atoms. The standard InChI is InChI=1S/C11H17FN2O2/c12-10-4-1-5-11(14-16-8-7-15)9(10)3-2-6-13/h1,4-5,14-15H,2-3,6-8,13H2. The maximum absolute atomic E-state index is 13.5. The van der Waals surface area contributed by atoms with Gasteiger partial charge in [-0.3, -0.25) is 10.3 Å². The predicted molar refractivity (Wildman–Crippen MR) is 60.4 cm³/mol. The highest BCUT2D eigenvalue weighted by atomic mass is 19.1. The van der Waals surface area contributed by atoms with Crippen molar-refractivity contribution >= 4 is 5.69 Å². The molecular weight excluding hydrogens is 211 g/mol. The van der Waals surface area contributed by atoms with Crippen molar-refractivity contribution in [1.29, 1.82) is 0 Å². The molecule has 0 heterocycles. The number of hydrogen-bond donors (Lipinski definition) is 3. The van der Waals surface area contributed by atoms with Crippen LogP contribution >= 0.6 is 0 Å². The number of anilines is 1. The fraction of sp³-hybridized carbons (Fsp3) is 0.455. The van der Waals surface area contributed by atoms with Crippen LogP contribution in [0, 0.1) is 5.82 Å². The third-order valence-corrected chi connectivity index (χ3v) is 2.13. The Morgan fingerprint density at radius 3 is 2.94 bits per heavy atom. The monoisotopic (exact) mass is 228 g/mol. The van der Waals surface area contributed by atoms with E-state index < -0.39 is 0 Å². The van der Waals surface area contributed by atoms with Crippen molar-refractivity contribution in [2.45, 2.75) is 12.8 Å². The average molecular weight is 228 g/mol. The molecule has 1 rings (SSSR count). The fourth-order valence-electron chi connectivity index (χ4n) is 1.36. The van der Waals surface area contributed by atoms with Gasteiger partial charge in [0.15, 0.2) is 0 Å². The molecule has 16 heavy (non-hydrogen) atoms. The molecule has 4 nitrogen and oxygen atoms in total. The van der Waals surface area contributed by atoms with E-state index in [1.807, 2.05) is 0 Å².